The summed E-state index contributed by atoms with van der Waals surface area (Å²) in [6.45, 7) is 1.02. The monoisotopic (exact) mass is 342 g/mol. The molecule has 1 heterocycles. The molecule has 0 fully saturated rings. The van der Waals surface area contributed by atoms with Gasteiger partial charge in [0, 0.05) is 35.6 Å². The second-order valence-corrected chi connectivity index (χ2v) is 7.53. The minimum absolute atomic E-state index is 0.106. The van der Waals surface area contributed by atoms with Crippen LogP contribution in [-0.4, -0.2) is 49.6 Å². The molecule has 0 saturated carbocycles. The van der Waals surface area contributed by atoms with E-state index < -0.39 is 0 Å². The smallest absolute Gasteiger partial charge is 0.166 e. The normalized spacial score (nSPS) is 19.8. The molecule has 1 aliphatic carbocycles. The summed E-state index contributed by atoms with van der Waals surface area (Å²) in [7, 11) is 7.61. The minimum atomic E-state index is 0.106. The lowest BCUT2D eigenvalue weighted by Gasteiger charge is -2.46. The standard InChI is InChI=1S/C20H23NO4/c1-21(2)6-5-11-9-16(25-4)20(23)19-17(11)14(21)8-12-7-13(24-3)10-15(22)18(12)19/h7,9-10,14H,5-6,8H2,1-4H3,(H-,22,23)/p+1/t14-/m0/s1. The molecule has 0 unspecified atom stereocenters. The molecular formula is C20H24NO4+. The van der Waals surface area contributed by atoms with Crippen molar-refractivity contribution in [1.82, 2.24) is 0 Å². The number of aromatic hydroxyl groups is 2. The summed E-state index contributed by atoms with van der Waals surface area (Å²) in [6, 6.07) is 5.75. The molecule has 0 saturated heterocycles. The molecule has 1 aliphatic heterocycles. The molecule has 2 aromatic rings. The van der Waals surface area contributed by atoms with E-state index in [1.54, 1.807) is 20.3 Å². The van der Waals surface area contributed by atoms with Gasteiger partial charge in [-0.05, 0) is 23.3 Å². The van der Waals surface area contributed by atoms with E-state index in [1.807, 2.05) is 12.1 Å². The number of likely N-dealkylation sites (N-methyl/N-ethyl adjacent to an activating group) is 1. The Morgan fingerprint density at radius 2 is 1.76 bits per heavy atom. The Kier molecular flexibility index (Phi) is 3.41. The minimum Gasteiger partial charge on any atom is -0.507 e. The van der Waals surface area contributed by atoms with Gasteiger partial charge < -0.3 is 24.2 Å². The number of quaternary nitrogens is 1. The van der Waals surface area contributed by atoms with Gasteiger partial charge in [-0.1, -0.05) is 0 Å². The van der Waals surface area contributed by atoms with Crippen LogP contribution in [0.3, 0.4) is 0 Å². The average Bonchev–Trinajstić information content (AvgIpc) is 2.59. The zero-order chi connectivity index (χ0) is 17.9. The topological polar surface area (TPSA) is 58.9 Å². The van der Waals surface area contributed by atoms with Gasteiger partial charge in [-0.2, -0.15) is 0 Å². The summed E-state index contributed by atoms with van der Waals surface area (Å²) < 4.78 is 11.6. The predicted octanol–water partition coefficient (Wildman–Crippen LogP) is 3.01. The molecule has 25 heavy (non-hydrogen) atoms. The van der Waals surface area contributed by atoms with Crippen molar-refractivity contribution in [3.8, 4) is 34.1 Å². The largest absolute Gasteiger partial charge is 0.507 e. The molecule has 0 bridgehead atoms. The van der Waals surface area contributed by atoms with Crippen LogP contribution >= 0.6 is 0 Å². The fourth-order valence-corrected chi connectivity index (χ4v) is 4.41. The lowest BCUT2D eigenvalue weighted by molar-refractivity contribution is -0.923. The maximum atomic E-state index is 10.9. The molecule has 0 spiro atoms. The zero-order valence-corrected chi connectivity index (χ0v) is 15.1. The lowest BCUT2D eigenvalue weighted by atomic mass is 9.75. The quantitative estimate of drug-likeness (QED) is 0.824. The Labute approximate surface area is 147 Å². The third-order valence-electron chi connectivity index (χ3n) is 5.82. The van der Waals surface area contributed by atoms with Crippen LogP contribution in [0.15, 0.2) is 18.2 Å². The van der Waals surface area contributed by atoms with E-state index in [2.05, 4.69) is 14.1 Å². The van der Waals surface area contributed by atoms with Gasteiger partial charge >= 0.3 is 0 Å². The molecule has 1 atom stereocenters. The second kappa shape index (κ2) is 5.30. The maximum Gasteiger partial charge on any atom is 0.166 e. The number of methoxy groups -OCH3 is 2. The van der Waals surface area contributed by atoms with Gasteiger partial charge in [0.15, 0.2) is 11.5 Å². The number of hydrogen-bond acceptors (Lipinski definition) is 4. The molecule has 2 aliphatic rings. The lowest BCUT2D eigenvalue weighted by Crippen LogP contribution is -2.49. The van der Waals surface area contributed by atoms with Crippen LogP contribution in [-0.2, 0) is 12.8 Å². The highest BCUT2D eigenvalue weighted by molar-refractivity contribution is 5.86. The number of nitrogens with zero attached hydrogens (tertiary/aromatic N) is 1. The maximum absolute atomic E-state index is 10.9. The van der Waals surface area contributed by atoms with Gasteiger partial charge in [-0.3, -0.25) is 0 Å². The van der Waals surface area contributed by atoms with E-state index >= 15 is 0 Å². The number of benzene rings is 2. The Balaban J connectivity index is 2.09. The van der Waals surface area contributed by atoms with Crippen molar-refractivity contribution >= 4 is 0 Å². The Morgan fingerprint density at radius 1 is 1.00 bits per heavy atom. The van der Waals surface area contributed by atoms with E-state index in [0.717, 1.165) is 35.0 Å². The number of phenols is 2. The second-order valence-electron chi connectivity index (χ2n) is 7.53. The fourth-order valence-electron chi connectivity index (χ4n) is 4.41. The SMILES string of the molecule is COc1cc(O)c2c(c1)C[C@H]1c3c(cc(OC)c(O)c3-2)CC[N+]1(C)C. The number of phenolic OH excluding ortho intramolecular Hbond substituents is 2. The Morgan fingerprint density at radius 3 is 2.44 bits per heavy atom. The summed E-state index contributed by atoms with van der Waals surface area (Å²) >= 11 is 0. The van der Waals surface area contributed by atoms with Crippen LogP contribution in [0.1, 0.15) is 22.7 Å². The van der Waals surface area contributed by atoms with Crippen molar-refractivity contribution < 1.29 is 24.2 Å². The van der Waals surface area contributed by atoms with Crippen molar-refractivity contribution in [2.45, 2.75) is 18.9 Å². The first kappa shape index (κ1) is 16.1. The summed E-state index contributed by atoms with van der Waals surface area (Å²) in [5.41, 5.74) is 4.76. The van der Waals surface area contributed by atoms with Gasteiger partial charge in [-0.25, -0.2) is 0 Å². The van der Waals surface area contributed by atoms with E-state index in [9.17, 15) is 10.2 Å². The molecule has 0 aromatic heterocycles. The highest BCUT2D eigenvalue weighted by Gasteiger charge is 2.43. The highest BCUT2D eigenvalue weighted by Crippen LogP contribution is 2.55. The molecule has 2 N–H and O–H groups in total. The van der Waals surface area contributed by atoms with Gasteiger partial charge in [-0.15, -0.1) is 0 Å². The van der Waals surface area contributed by atoms with Crippen molar-refractivity contribution in [3.05, 3.63) is 34.9 Å². The summed E-state index contributed by atoms with van der Waals surface area (Å²) in [6.07, 6.45) is 1.73. The van der Waals surface area contributed by atoms with Crippen LogP contribution in [0.4, 0.5) is 0 Å². The van der Waals surface area contributed by atoms with Gasteiger partial charge in [0.2, 0.25) is 0 Å². The third kappa shape index (κ3) is 2.19. The molecular weight excluding hydrogens is 318 g/mol. The van der Waals surface area contributed by atoms with Gasteiger partial charge in [0.1, 0.15) is 17.5 Å². The predicted molar refractivity (Wildman–Crippen MR) is 95.4 cm³/mol. The molecule has 2 aromatic carbocycles. The van der Waals surface area contributed by atoms with Crippen molar-refractivity contribution in [3.63, 3.8) is 0 Å². The summed E-state index contributed by atoms with van der Waals surface area (Å²) in [4.78, 5) is 0. The van der Waals surface area contributed by atoms with Crippen LogP contribution in [0.2, 0.25) is 0 Å². The van der Waals surface area contributed by atoms with E-state index in [-0.39, 0.29) is 17.5 Å². The fraction of sp³-hybridized carbons (Fsp3) is 0.400. The molecule has 0 radical (unpaired) electrons. The third-order valence-corrected chi connectivity index (χ3v) is 5.82. The van der Waals surface area contributed by atoms with Crippen molar-refractivity contribution in [2.75, 3.05) is 34.9 Å². The van der Waals surface area contributed by atoms with Crippen LogP contribution < -0.4 is 9.47 Å². The molecule has 4 rings (SSSR count). The highest BCUT2D eigenvalue weighted by atomic mass is 16.5. The van der Waals surface area contributed by atoms with Crippen LogP contribution in [0.25, 0.3) is 11.1 Å². The van der Waals surface area contributed by atoms with Crippen LogP contribution in [0, 0.1) is 0 Å². The first-order valence-corrected chi connectivity index (χ1v) is 8.53. The zero-order valence-electron chi connectivity index (χ0n) is 15.1. The van der Waals surface area contributed by atoms with Crippen molar-refractivity contribution in [2.24, 2.45) is 0 Å². The molecule has 0 amide bonds. The molecule has 5 heteroatoms. The summed E-state index contributed by atoms with van der Waals surface area (Å²) in [5.74, 6) is 1.33. The summed E-state index contributed by atoms with van der Waals surface area (Å²) in [5, 5.41) is 21.6. The van der Waals surface area contributed by atoms with Gasteiger partial charge in [0.25, 0.3) is 0 Å². The molecule has 132 valence electrons. The van der Waals surface area contributed by atoms with Gasteiger partial charge in [0.05, 0.1) is 34.9 Å². The number of ether oxygens (including phenoxy) is 2. The number of fused-ring (bicyclic) bond motifs is 2. The van der Waals surface area contributed by atoms with E-state index in [4.69, 9.17) is 9.47 Å². The Bertz CT molecular complexity index is 873. The van der Waals surface area contributed by atoms with Crippen molar-refractivity contribution in [1.29, 1.82) is 0 Å². The number of hydrogen-bond donors (Lipinski definition) is 2. The first-order valence-electron chi connectivity index (χ1n) is 8.53. The van der Waals surface area contributed by atoms with Crippen LogP contribution in [0.5, 0.6) is 23.0 Å². The van der Waals surface area contributed by atoms with E-state index in [0.29, 0.717) is 22.6 Å². The Hall–Kier alpha value is -2.40. The average molecular weight is 342 g/mol. The van der Waals surface area contributed by atoms with E-state index in [1.165, 1.54) is 5.56 Å². The number of rotatable bonds is 2. The first-order chi connectivity index (χ1) is 11.9. The molecule has 5 nitrogen and oxygen atoms in total.